The number of benzene rings is 1. The number of aryl methyl sites for hydroxylation is 1. The summed E-state index contributed by atoms with van der Waals surface area (Å²) in [5, 5.41) is 10.5. The first-order chi connectivity index (χ1) is 5.63. The predicted octanol–water partition coefficient (Wildman–Crippen LogP) is 2.33. The van der Waals surface area contributed by atoms with E-state index >= 15 is 0 Å². The zero-order valence-corrected chi connectivity index (χ0v) is 7.15. The Balaban J connectivity index is 3.02. The van der Waals surface area contributed by atoms with E-state index in [1.54, 1.807) is 13.0 Å². The van der Waals surface area contributed by atoms with E-state index in [0.717, 1.165) is 11.1 Å². The maximum absolute atomic E-state index is 10.5. The Labute approximate surface area is 71.2 Å². The van der Waals surface area contributed by atoms with Crippen LogP contribution < -0.4 is 0 Å². The normalized spacial score (nSPS) is 12.5. The lowest BCUT2D eigenvalue weighted by atomic mass is 10.0. The van der Waals surface area contributed by atoms with Gasteiger partial charge in [0.15, 0.2) is 0 Å². The first kappa shape index (κ1) is 8.71. The Bertz CT molecular complexity index is 296. The van der Waals surface area contributed by atoms with Crippen LogP contribution in [0.2, 0.25) is 0 Å². The third-order valence-corrected chi connectivity index (χ3v) is 1.95. The van der Waals surface area contributed by atoms with Gasteiger partial charge in [-0.3, -0.25) is 10.1 Å². The molecule has 1 aromatic carbocycles. The maximum Gasteiger partial charge on any atom is 0.235 e. The molecular weight excluding hydrogens is 154 g/mol. The highest BCUT2D eigenvalue weighted by Crippen LogP contribution is 2.18. The second-order valence-electron chi connectivity index (χ2n) is 2.82. The third-order valence-electron chi connectivity index (χ3n) is 1.95. The van der Waals surface area contributed by atoms with Gasteiger partial charge >= 0.3 is 0 Å². The van der Waals surface area contributed by atoms with Crippen molar-refractivity contribution in [1.29, 1.82) is 0 Å². The average molecular weight is 165 g/mol. The first-order valence-electron chi connectivity index (χ1n) is 3.82. The number of rotatable bonds is 2. The lowest BCUT2D eigenvalue weighted by molar-refractivity contribution is -0.524. The molecule has 0 spiro atoms. The minimum absolute atomic E-state index is 0.275. The van der Waals surface area contributed by atoms with E-state index in [0.29, 0.717) is 0 Å². The van der Waals surface area contributed by atoms with Crippen LogP contribution >= 0.6 is 0 Å². The van der Waals surface area contributed by atoms with Gasteiger partial charge in [-0.25, -0.2) is 0 Å². The van der Waals surface area contributed by atoms with Crippen molar-refractivity contribution in [2.75, 3.05) is 0 Å². The first-order valence-corrected chi connectivity index (χ1v) is 3.82. The minimum Gasteiger partial charge on any atom is -0.264 e. The Morgan fingerprint density at radius 3 is 2.50 bits per heavy atom. The van der Waals surface area contributed by atoms with Gasteiger partial charge in [0, 0.05) is 17.4 Å². The zero-order chi connectivity index (χ0) is 9.14. The molecule has 1 atom stereocenters. The summed E-state index contributed by atoms with van der Waals surface area (Å²) in [4.78, 5) is 10.2. The Morgan fingerprint density at radius 1 is 1.42 bits per heavy atom. The molecule has 64 valence electrons. The predicted molar refractivity (Wildman–Crippen MR) is 46.6 cm³/mol. The highest BCUT2D eigenvalue weighted by molar-refractivity contribution is 5.26. The van der Waals surface area contributed by atoms with Gasteiger partial charge in [0.2, 0.25) is 6.04 Å². The fraction of sp³-hybridized carbons (Fsp3) is 0.333. The molecule has 1 rings (SSSR count). The molecule has 3 heteroatoms. The zero-order valence-electron chi connectivity index (χ0n) is 7.15. The number of hydrogen-bond donors (Lipinski definition) is 0. The second-order valence-corrected chi connectivity index (χ2v) is 2.82. The maximum atomic E-state index is 10.5. The van der Waals surface area contributed by atoms with Gasteiger partial charge in [-0.15, -0.1) is 0 Å². The summed E-state index contributed by atoms with van der Waals surface area (Å²) in [6.45, 7) is 3.48. The van der Waals surface area contributed by atoms with Crippen LogP contribution in [0.25, 0.3) is 0 Å². The van der Waals surface area contributed by atoms with Gasteiger partial charge in [-0.2, -0.15) is 0 Å². The van der Waals surface area contributed by atoms with Crippen molar-refractivity contribution in [3.63, 3.8) is 0 Å². The molecule has 0 aliphatic heterocycles. The highest BCUT2D eigenvalue weighted by Gasteiger charge is 2.16. The van der Waals surface area contributed by atoms with Crippen molar-refractivity contribution >= 4 is 0 Å². The van der Waals surface area contributed by atoms with Crippen LogP contribution in [-0.4, -0.2) is 4.92 Å². The lowest BCUT2D eigenvalue weighted by Crippen LogP contribution is -2.07. The summed E-state index contributed by atoms with van der Waals surface area (Å²) < 4.78 is 0. The Morgan fingerprint density at radius 2 is 2.00 bits per heavy atom. The van der Waals surface area contributed by atoms with Gasteiger partial charge < -0.3 is 0 Å². The largest absolute Gasteiger partial charge is 0.264 e. The van der Waals surface area contributed by atoms with Crippen molar-refractivity contribution in [1.82, 2.24) is 0 Å². The summed E-state index contributed by atoms with van der Waals surface area (Å²) in [6.07, 6.45) is 0. The quantitative estimate of drug-likeness (QED) is 0.498. The minimum atomic E-state index is -0.605. The fourth-order valence-corrected chi connectivity index (χ4v) is 1.17. The molecule has 0 amide bonds. The molecule has 12 heavy (non-hydrogen) atoms. The Kier molecular flexibility index (Phi) is 2.43. The summed E-state index contributed by atoms with van der Waals surface area (Å²) in [5.41, 5.74) is 1.77. The van der Waals surface area contributed by atoms with E-state index in [9.17, 15) is 10.1 Å². The molecule has 0 aliphatic rings. The van der Waals surface area contributed by atoms with E-state index in [1.807, 2.05) is 25.1 Å². The fourth-order valence-electron chi connectivity index (χ4n) is 1.17. The summed E-state index contributed by atoms with van der Waals surface area (Å²) >= 11 is 0. The van der Waals surface area contributed by atoms with E-state index in [4.69, 9.17) is 0 Å². The number of nitrogens with zero attached hydrogens (tertiary/aromatic N) is 1. The molecule has 0 saturated heterocycles. The molecule has 0 fully saturated rings. The lowest BCUT2D eigenvalue weighted by Gasteiger charge is -2.06. The van der Waals surface area contributed by atoms with Gasteiger partial charge in [0.25, 0.3) is 0 Å². The molecular formula is C9H11NO2. The molecule has 0 N–H and O–H groups in total. The second kappa shape index (κ2) is 3.34. The van der Waals surface area contributed by atoms with Crippen LogP contribution in [0.1, 0.15) is 24.1 Å². The molecule has 0 aromatic heterocycles. The van der Waals surface area contributed by atoms with Crippen molar-refractivity contribution in [3.8, 4) is 0 Å². The number of nitro groups is 1. The van der Waals surface area contributed by atoms with Gasteiger partial charge in [0.05, 0.1) is 0 Å². The summed E-state index contributed by atoms with van der Waals surface area (Å²) in [5.74, 6) is 0. The van der Waals surface area contributed by atoms with Crippen LogP contribution in [0.5, 0.6) is 0 Å². The van der Waals surface area contributed by atoms with E-state index in [-0.39, 0.29) is 4.92 Å². The summed E-state index contributed by atoms with van der Waals surface area (Å²) in [7, 11) is 0. The van der Waals surface area contributed by atoms with Crippen LogP contribution in [0.3, 0.4) is 0 Å². The monoisotopic (exact) mass is 165 g/mol. The van der Waals surface area contributed by atoms with Gasteiger partial charge in [-0.05, 0) is 12.5 Å². The van der Waals surface area contributed by atoms with E-state index < -0.39 is 6.04 Å². The average Bonchev–Trinajstić information content (AvgIpc) is 2.04. The van der Waals surface area contributed by atoms with Crippen LogP contribution in [0.4, 0.5) is 0 Å². The summed E-state index contributed by atoms with van der Waals surface area (Å²) in [6, 6.07) is 6.78. The topological polar surface area (TPSA) is 43.1 Å². The molecule has 1 unspecified atom stereocenters. The SMILES string of the molecule is Cc1ccccc1C(C)[N+](=O)[O-]. The van der Waals surface area contributed by atoms with Gasteiger partial charge in [0.1, 0.15) is 0 Å². The van der Waals surface area contributed by atoms with E-state index in [1.165, 1.54) is 0 Å². The van der Waals surface area contributed by atoms with Crippen LogP contribution in [0, 0.1) is 17.0 Å². The Hall–Kier alpha value is -1.38. The smallest absolute Gasteiger partial charge is 0.235 e. The molecule has 1 aromatic rings. The van der Waals surface area contributed by atoms with Crippen molar-refractivity contribution < 1.29 is 4.92 Å². The third kappa shape index (κ3) is 1.61. The van der Waals surface area contributed by atoms with Crippen LogP contribution in [0.15, 0.2) is 24.3 Å². The molecule has 0 aliphatic carbocycles. The van der Waals surface area contributed by atoms with Crippen molar-refractivity contribution in [2.24, 2.45) is 0 Å². The van der Waals surface area contributed by atoms with Crippen LogP contribution in [-0.2, 0) is 0 Å². The molecule has 0 heterocycles. The number of hydrogen-bond acceptors (Lipinski definition) is 2. The molecule has 0 radical (unpaired) electrons. The molecule has 3 nitrogen and oxygen atoms in total. The standard InChI is InChI=1S/C9H11NO2/c1-7-5-3-4-6-9(7)8(2)10(11)12/h3-6,8H,1-2H3. The molecule has 0 bridgehead atoms. The van der Waals surface area contributed by atoms with Gasteiger partial charge in [-0.1, -0.05) is 24.3 Å². The molecule has 0 saturated carbocycles. The van der Waals surface area contributed by atoms with Crippen molar-refractivity contribution in [3.05, 3.63) is 45.5 Å². The van der Waals surface area contributed by atoms with E-state index in [2.05, 4.69) is 0 Å². The van der Waals surface area contributed by atoms with Crippen molar-refractivity contribution in [2.45, 2.75) is 19.9 Å². The highest BCUT2D eigenvalue weighted by atomic mass is 16.6.